The van der Waals surface area contributed by atoms with Gasteiger partial charge in [0.15, 0.2) is 0 Å². The Hall–Kier alpha value is -3.26. The molecule has 3 aromatic rings. The van der Waals surface area contributed by atoms with Gasteiger partial charge in [0, 0.05) is 36.3 Å². The molecule has 0 aliphatic heterocycles. The average Bonchev–Trinajstić information content (AvgIpc) is 2.81. The highest BCUT2D eigenvalue weighted by molar-refractivity contribution is 5.94. The summed E-state index contributed by atoms with van der Waals surface area (Å²) in [5.41, 5.74) is 2.74. The number of amides is 1. The second-order valence-electron chi connectivity index (χ2n) is 7.23. The number of benzene rings is 1. The van der Waals surface area contributed by atoms with Crippen molar-refractivity contribution >= 4 is 22.6 Å². The molecule has 1 amide bonds. The van der Waals surface area contributed by atoms with Crippen molar-refractivity contribution in [2.24, 2.45) is 0 Å². The number of rotatable bonds is 10. The largest absolute Gasteiger partial charge is 0.481 e. The van der Waals surface area contributed by atoms with Crippen molar-refractivity contribution in [2.75, 3.05) is 38.6 Å². The summed E-state index contributed by atoms with van der Waals surface area (Å²) in [5.74, 6) is 1.13. The van der Waals surface area contributed by atoms with Gasteiger partial charge in [0.1, 0.15) is 18.2 Å². The van der Waals surface area contributed by atoms with Gasteiger partial charge in [0.25, 0.3) is 0 Å². The second kappa shape index (κ2) is 10.7. The first-order chi connectivity index (χ1) is 15.0. The van der Waals surface area contributed by atoms with E-state index in [9.17, 15) is 4.79 Å². The minimum Gasteiger partial charge on any atom is -0.481 e. The lowest BCUT2D eigenvalue weighted by Crippen LogP contribution is -2.41. The number of anilines is 1. The fraction of sp³-hybridized carbons (Fsp3) is 0.391. The van der Waals surface area contributed by atoms with E-state index < -0.39 is 6.04 Å². The quantitative estimate of drug-likeness (QED) is 0.519. The van der Waals surface area contributed by atoms with Crippen LogP contribution in [0.5, 0.6) is 5.88 Å². The van der Waals surface area contributed by atoms with Crippen LogP contribution in [0.25, 0.3) is 22.0 Å². The minimum absolute atomic E-state index is 0.0607. The maximum atomic E-state index is 12.5. The Morgan fingerprint density at radius 1 is 1.10 bits per heavy atom. The predicted molar refractivity (Wildman–Crippen MR) is 123 cm³/mol. The van der Waals surface area contributed by atoms with Gasteiger partial charge in [-0.15, -0.1) is 0 Å². The topological polar surface area (TPSA) is 92.3 Å². The molecule has 8 heteroatoms. The zero-order valence-electron chi connectivity index (χ0n) is 18.6. The van der Waals surface area contributed by atoms with E-state index in [1.807, 2.05) is 37.3 Å². The molecule has 31 heavy (non-hydrogen) atoms. The van der Waals surface area contributed by atoms with Crippen molar-refractivity contribution in [3.8, 4) is 17.0 Å². The molecule has 0 saturated carbocycles. The first-order valence-corrected chi connectivity index (χ1v) is 10.6. The molecule has 2 heterocycles. The molecule has 0 saturated heterocycles. The molecule has 3 rings (SSSR count). The fourth-order valence-electron chi connectivity index (χ4n) is 3.32. The molecule has 0 fully saturated rings. The van der Waals surface area contributed by atoms with Crippen LogP contribution in [0.2, 0.25) is 0 Å². The molecule has 2 N–H and O–H groups in total. The summed E-state index contributed by atoms with van der Waals surface area (Å²) < 4.78 is 5.13. The number of aromatic nitrogens is 3. The first-order valence-electron chi connectivity index (χ1n) is 10.6. The molecule has 0 aliphatic rings. The Labute approximate surface area is 183 Å². The number of hydrogen-bond acceptors (Lipinski definition) is 7. The monoisotopic (exact) mass is 422 g/mol. The van der Waals surface area contributed by atoms with Crippen LogP contribution in [-0.2, 0) is 4.79 Å². The van der Waals surface area contributed by atoms with Crippen LogP contribution in [-0.4, -0.2) is 65.1 Å². The van der Waals surface area contributed by atoms with Gasteiger partial charge in [-0.05, 0) is 43.8 Å². The molecule has 0 spiro atoms. The van der Waals surface area contributed by atoms with E-state index in [4.69, 9.17) is 4.74 Å². The highest BCUT2D eigenvalue weighted by Crippen LogP contribution is 2.27. The molecule has 1 unspecified atom stereocenters. The Kier molecular flexibility index (Phi) is 7.72. The number of pyridine rings is 1. The zero-order chi connectivity index (χ0) is 22.2. The van der Waals surface area contributed by atoms with Crippen LogP contribution in [0.1, 0.15) is 20.8 Å². The van der Waals surface area contributed by atoms with Crippen molar-refractivity contribution in [2.45, 2.75) is 26.8 Å². The maximum Gasteiger partial charge on any atom is 0.242 e. The Morgan fingerprint density at radius 3 is 2.55 bits per heavy atom. The van der Waals surface area contributed by atoms with Crippen LogP contribution in [0.3, 0.4) is 0 Å². The Bertz CT molecular complexity index is 1000. The van der Waals surface area contributed by atoms with Crippen LogP contribution in [0, 0.1) is 0 Å². The summed E-state index contributed by atoms with van der Waals surface area (Å²) in [6, 6.07) is 9.29. The van der Waals surface area contributed by atoms with E-state index in [2.05, 4.69) is 44.3 Å². The predicted octanol–water partition coefficient (Wildman–Crippen LogP) is 2.96. The lowest BCUT2D eigenvalue weighted by Gasteiger charge is -2.20. The number of nitrogens with one attached hydrogen (secondary N) is 2. The lowest BCUT2D eigenvalue weighted by molar-refractivity contribution is -0.121. The van der Waals surface area contributed by atoms with Crippen LogP contribution < -0.4 is 15.4 Å². The van der Waals surface area contributed by atoms with E-state index in [1.54, 1.807) is 13.3 Å². The molecular formula is C23H30N6O2. The summed E-state index contributed by atoms with van der Waals surface area (Å²) in [6.45, 7) is 9.46. The highest BCUT2D eigenvalue weighted by atomic mass is 16.5. The molecular weight excluding hydrogens is 392 g/mol. The number of fused-ring (bicyclic) bond motifs is 1. The van der Waals surface area contributed by atoms with Gasteiger partial charge >= 0.3 is 0 Å². The minimum atomic E-state index is -0.430. The number of likely N-dealkylation sites (N-methyl/N-ethyl adjacent to an activating group) is 1. The lowest BCUT2D eigenvalue weighted by atomic mass is 10.1. The van der Waals surface area contributed by atoms with Gasteiger partial charge in [0.05, 0.1) is 12.6 Å². The molecule has 1 atom stereocenters. The van der Waals surface area contributed by atoms with E-state index in [0.29, 0.717) is 18.2 Å². The molecule has 0 aliphatic carbocycles. The second-order valence-corrected chi connectivity index (χ2v) is 7.23. The highest BCUT2D eigenvalue weighted by Gasteiger charge is 2.15. The van der Waals surface area contributed by atoms with Crippen molar-refractivity contribution in [3.05, 3.63) is 42.9 Å². The van der Waals surface area contributed by atoms with Crippen molar-refractivity contribution in [1.29, 1.82) is 0 Å². The number of carbonyl (C=O) groups is 1. The SMILES string of the molecule is CCN(CC)CCNC(=O)C(C)Nc1ncnc2ccc(-c3ccc(OC)nc3)cc12. The summed E-state index contributed by atoms with van der Waals surface area (Å²) in [6.07, 6.45) is 3.27. The Balaban J connectivity index is 1.74. The first kappa shape index (κ1) is 22.4. The van der Waals surface area contributed by atoms with E-state index in [-0.39, 0.29) is 5.91 Å². The normalized spacial score (nSPS) is 12.0. The smallest absolute Gasteiger partial charge is 0.242 e. The average molecular weight is 423 g/mol. The third-order valence-corrected chi connectivity index (χ3v) is 5.28. The van der Waals surface area contributed by atoms with Gasteiger partial charge in [-0.1, -0.05) is 19.9 Å². The van der Waals surface area contributed by atoms with Crippen LogP contribution in [0.4, 0.5) is 5.82 Å². The third-order valence-electron chi connectivity index (χ3n) is 5.28. The maximum absolute atomic E-state index is 12.5. The van der Waals surface area contributed by atoms with Crippen LogP contribution >= 0.6 is 0 Å². The number of hydrogen-bond donors (Lipinski definition) is 2. The number of ether oxygens (including phenoxy) is 1. The molecule has 0 radical (unpaired) electrons. The van der Waals surface area contributed by atoms with Gasteiger partial charge in [-0.3, -0.25) is 4.79 Å². The van der Waals surface area contributed by atoms with E-state index >= 15 is 0 Å². The van der Waals surface area contributed by atoms with Gasteiger partial charge in [0.2, 0.25) is 11.8 Å². The van der Waals surface area contributed by atoms with E-state index in [1.165, 1.54) is 6.33 Å². The fourth-order valence-corrected chi connectivity index (χ4v) is 3.32. The van der Waals surface area contributed by atoms with Gasteiger partial charge in [-0.25, -0.2) is 15.0 Å². The van der Waals surface area contributed by atoms with Crippen molar-refractivity contribution in [1.82, 2.24) is 25.2 Å². The van der Waals surface area contributed by atoms with Crippen molar-refractivity contribution in [3.63, 3.8) is 0 Å². The Morgan fingerprint density at radius 2 is 1.87 bits per heavy atom. The van der Waals surface area contributed by atoms with E-state index in [0.717, 1.165) is 41.7 Å². The molecule has 164 valence electrons. The molecule has 0 bridgehead atoms. The summed E-state index contributed by atoms with van der Waals surface area (Å²) in [7, 11) is 1.59. The molecule has 1 aromatic carbocycles. The summed E-state index contributed by atoms with van der Waals surface area (Å²) >= 11 is 0. The van der Waals surface area contributed by atoms with Gasteiger partial charge < -0.3 is 20.3 Å². The zero-order valence-corrected chi connectivity index (χ0v) is 18.6. The standard InChI is InChI=1S/C23H30N6O2/c1-5-29(6-2)12-11-24-23(30)16(3)28-22-19-13-17(7-9-20(19)26-15-27-22)18-8-10-21(31-4)25-14-18/h7-10,13-16H,5-6,11-12H2,1-4H3,(H,24,30)(H,26,27,28). The summed E-state index contributed by atoms with van der Waals surface area (Å²) in [5, 5.41) is 7.07. The van der Waals surface area contributed by atoms with Crippen LogP contribution in [0.15, 0.2) is 42.9 Å². The number of methoxy groups -OCH3 is 1. The molecule has 8 nitrogen and oxygen atoms in total. The molecule has 2 aromatic heterocycles. The number of carbonyl (C=O) groups excluding carboxylic acids is 1. The van der Waals surface area contributed by atoms with Gasteiger partial charge in [-0.2, -0.15) is 0 Å². The van der Waals surface area contributed by atoms with Crippen molar-refractivity contribution < 1.29 is 9.53 Å². The third kappa shape index (κ3) is 5.67. The summed E-state index contributed by atoms with van der Waals surface area (Å²) in [4.78, 5) is 27.8. The number of nitrogens with zero attached hydrogens (tertiary/aromatic N) is 4.